The SMILES string of the molecule is COC1CC(CCC(O)C(C(=O)CCC2CC(O)C(O)C(OC)C2)C2(C3CC[NH2+]C(N)C3)CCC(O)C2)CCC1O. The zero-order chi connectivity index (χ0) is 29.7. The van der Waals surface area contributed by atoms with Crippen LogP contribution in [0.25, 0.3) is 0 Å². The number of aliphatic hydroxyl groups excluding tert-OH is 5. The van der Waals surface area contributed by atoms with Crippen molar-refractivity contribution in [3.8, 4) is 0 Å². The number of rotatable bonds is 12. The maximum absolute atomic E-state index is 14.3. The van der Waals surface area contributed by atoms with Gasteiger partial charge in [-0.2, -0.15) is 0 Å². The summed E-state index contributed by atoms with van der Waals surface area (Å²) in [6.45, 7) is 0.879. The van der Waals surface area contributed by atoms with Crippen LogP contribution in [0.4, 0.5) is 0 Å². The molecule has 4 aliphatic rings. The Kier molecular flexibility index (Phi) is 12.0. The predicted molar refractivity (Wildman–Crippen MR) is 152 cm³/mol. The molecule has 41 heavy (non-hydrogen) atoms. The van der Waals surface area contributed by atoms with E-state index in [-0.39, 0.29) is 36.3 Å². The lowest BCUT2D eigenvalue weighted by Crippen LogP contribution is -2.95. The average Bonchev–Trinajstić information content (AvgIpc) is 3.35. The number of piperidine rings is 1. The molecule has 3 saturated carbocycles. The van der Waals surface area contributed by atoms with E-state index in [1.54, 1.807) is 7.11 Å². The number of quaternary nitrogens is 1. The molecular weight excluding hydrogens is 528 g/mol. The summed E-state index contributed by atoms with van der Waals surface area (Å²) in [5.41, 5.74) is 5.90. The van der Waals surface area contributed by atoms with Gasteiger partial charge in [-0.15, -0.1) is 0 Å². The Morgan fingerprint density at radius 3 is 2.32 bits per heavy atom. The highest BCUT2D eigenvalue weighted by atomic mass is 16.5. The number of carbonyl (C=O) groups excluding carboxylic acids is 1. The van der Waals surface area contributed by atoms with E-state index in [1.807, 2.05) is 0 Å². The molecular formula is C31H57N2O8+. The van der Waals surface area contributed by atoms with E-state index in [4.69, 9.17) is 15.2 Å². The third-order valence-electron chi connectivity index (χ3n) is 11.3. The molecule has 4 fully saturated rings. The van der Waals surface area contributed by atoms with E-state index in [1.165, 1.54) is 7.11 Å². The molecule has 9 N–H and O–H groups in total. The summed E-state index contributed by atoms with van der Waals surface area (Å²) >= 11 is 0. The first-order chi connectivity index (χ1) is 19.6. The van der Waals surface area contributed by atoms with Gasteiger partial charge in [0.15, 0.2) is 0 Å². The first-order valence-electron chi connectivity index (χ1n) is 16.1. The first kappa shape index (κ1) is 33.2. The summed E-state index contributed by atoms with van der Waals surface area (Å²) in [7, 11) is 3.16. The quantitative estimate of drug-likeness (QED) is 0.168. The number of nitrogens with two attached hydrogens (primary N) is 2. The van der Waals surface area contributed by atoms with E-state index in [0.29, 0.717) is 57.3 Å². The number of methoxy groups -OCH3 is 2. The molecule has 0 bridgehead atoms. The Balaban J connectivity index is 1.51. The molecule has 238 valence electrons. The predicted octanol–water partition coefficient (Wildman–Crippen LogP) is 0.205. The highest BCUT2D eigenvalue weighted by Crippen LogP contribution is 2.55. The Hall–Kier alpha value is -0.690. The number of aliphatic hydroxyl groups is 5. The number of ether oxygens (including phenoxy) is 2. The molecule has 0 aromatic carbocycles. The minimum atomic E-state index is -0.921. The van der Waals surface area contributed by atoms with Crippen LogP contribution in [0.15, 0.2) is 0 Å². The summed E-state index contributed by atoms with van der Waals surface area (Å²) in [5, 5.41) is 55.7. The topological polar surface area (TPSA) is 179 Å². The Labute approximate surface area is 245 Å². The smallest absolute Gasteiger partial charge is 0.139 e. The first-order valence-corrected chi connectivity index (χ1v) is 16.1. The van der Waals surface area contributed by atoms with Gasteiger partial charge in [-0.1, -0.05) is 0 Å². The molecule has 3 aliphatic carbocycles. The summed E-state index contributed by atoms with van der Waals surface area (Å²) in [4.78, 5) is 14.3. The van der Waals surface area contributed by atoms with Crippen LogP contribution in [-0.2, 0) is 14.3 Å². The van der Waals surface area contributed by atoms with E-state index in [0.717, 1.165) is 38.6 Å². The zero-order valence-corrected chi connectivity index (χ0v) is 25.2. The maximum Gasteiger partial charge on any atom is 0.139 e. The van der Waals surface area contributed by atoms with Gasteiger partial charge in [0.1, 0.15) is 18.1 Å². The van der Waals surface area contributed by atoms with Gasteiger partial charge in [0.25, 0.3) is 0 Å². The van der Waals surface area contributed by atoms with Gasteiger partial charge in [-0.05, 0) is 93.8 Å². The number of hydrogen-bond donors (Lipinski definition) is 7. The number of Topliss-reactive ketones (excluding diaryl/α,β-unsaturated/α-hetero) is 1. The van der Waals surface area contributed by atoms with E-state index < -0.39 is 48.0 Å². The Morgan fingerprint density at radius 1 is 0.927 bits per heavy atom. The minimum Gasteiger partial charge on any atom is -0.393 e. The lowest BCUT2D eigenvalue weighted by molar-refractivity contribution is -0.700. The molecule has 13 atom stereocenters. The molecule has 13 unspecified atom stereocenters. The van der Waals surface area contributed by atoms with Crippen molar-refractivity contribution in [1.82, 2.24) is 0 Å². The van der Waals surface area contributed by atoms with Crippen molar-refractivity contribution in [2.24, 2.45) is 34.8 Å². The molecule has 10 nitrogen and oxygen atoms in total. The Bertz CT molecular complexity index is 834. The lowest BCUT2D eigenvalue weighted by Gasteiger charge is -2.47. The van der Waals surface area contributed by atoms with Crippen molar-refractivity contribution in [2.75, 3.05) is 20.8 Å². The van der Waals surface area contributed by atoms with Crippen LogP contribution >= 0.6 is 0 Å². The van der Waals surface area contributed by atoms with Gasteiger partial charge < -0.3 is 40.3 Å². The molecule has 0 aromatic rings. The molecule has 0 amide bonds. The van der Waals surface area contributed by atoms with Crippen LogP contribution in [0.3, 0.4) is 0 Å². The fraction of sp³-hybridized carbons (Fsp3) is 0.968. The second-order valence-corrected chi connectivity index (χ2v) is 13.9. The summed E-state index contributed by atoms with van der Waals surface area (Å²) in [5.74, 6) is -0.0199. The largest absolute Gasteiger partial charge is 0.393 e. The molecule has 0 radical (unpaired) electrons. The summed E-state index contributed by atoms with van der Waals surface area (Å²) < 4.78 is 10.9. The van der Waals surface area contributed by atoms with Crippen LogP contribution in [0.5, 0.6) is 0 Å². The third-order valence-corrected chi connectivity index (χ3v) is 11.3. The van der Waals surface area contributed by atoms with E-state index in [2.05, 4.69) is 5.32 Å². The van der Waals surface area contributed by atoms with Crippen LogP contribution in [0.2, 0.25) is 0 Å². The summed E-state index contributed by atoms with van der Waals surface area (Å²) in [6.07, 6.45) is 4.69. The molecule has 1 heterocycles. The minimum absolute atomic E-state index is 0.0399. The van der Waals surface area contributed by atoms with Crippen molar-refractivity contribution in [3.05, 3.63) is 0 Å². The van der Waals surface area contributed by atoms with Gasteiger partial charge >= 0.3 is 0 Å². The normalized spacial score (nSPS) is 43.5. The highest BCUT2D eigenvalue weighted by Gasteiger charge is 2.55. The molecule has 1 saturated heterocycles. The number of hydrogen-bond acceptors (Lipinski definition) is 9. The third kappa shape index (κ3) is 7.88. The number of carbonyl (C=O) groups is 1. The van der Waals surface area contributed by atoms with Crippen molar-refractivity contribution >= 4 is 5.78 Å². The maximum atomic E-state index is 14.3. The van der Waals surface area contributed by atoms with Crippen molar-refractivity contribution in [3.63, 3.8) is 0 Å². The van der Waals surface area contributed by atoms with Crippen LogP contribution < -0.4 is 11.1 Å². The molecule has 1 aliphatic heterocycles. The lowest BCUT2D eigenvalue weighted by atomic mass is 9.58. The van der Waals surface area contributed by atoms with E-state index >= 15 is 0 Å². The van der Waals surface area contributed by atoms with Gasteiger partial charge in [-0.25, -0.2) is 0 Å². The standard InChI is InChI=1S/C31H56N2O8/c1-40-26-14-18(3-6-22(26)35)4-7-23(36)29(24(37)8-5-19-13-25(38)30(39)27(15-19)41-2)31(11-9-21(34)17-31)20-10-12-33-28(32)16-20/h18-23,25-30,33-36,38-39H,3-17,32H2,1-2H3/p+1. The average molecular weight is 586 g/mol. The monoisotopic (exact) mass is 585 g/mol. The number of ketones is 1. The van der Waals surface area contributed by atoms with Crippen LogP contribution in [-0.4, -0.2) is 101 Å². The molecule has 10 heteroatoms. The van der Waals surface area contributed by atoms with Crippen molar-refractivity contribution in [1.29, 1.82) is 0 Å². The van der Waals surface area contributed by atoms with Crippen molar-refractivity contribution < 1.29 is 45.1 Å². The van der Waals surface area contributed by atoms with Gasteiger partial charge in [-0.3, -0.25) is 10.5 Å². The second kappa shape index (κ2) is 14.9. The molecule has 0 aromatic heterocycles. The zero-order valence-electron chi connectivity index (χ0n) is 25.2. The Morgan fingerprint density at radius 2 is 1.66 bits per heavy atom. The second-order valence-electron chi connectivity index (χ2n) is 13.9. The molecule has 0 spiro atoms. The van der Waals surface area contributed by atoms with Crippen LogP contribution in [0.1, 0.15) is 89.9 Å². The van der Waals surface area contributed by atoms with Gasteiger partial charge in [0, 0.05) is 39.4 Å². The van der Waals surface area contributed by atoms with E-state index in [9.17, 15) is 30.3 Å². The summed E-state index contributed by atoms with van der Waals surface area (Å²) in [6, 6.07) is 0. The fourth-order valence-corrected chi connectivity index (χ4v) is 9.03. The molecule has 4 rings (SSSR count). The van der Waals surface area contributed by atoms with Gasteiger partial charge in [0.05, 0.1) is 43.2 Å². The van der Waals surface area contributed by atoms with Crippen molar-refractivity contribution in [2.45, 2.75) is 139 Å². The fourth-order valence-electron chi connectivity index (χ4n) is 9.03. The van der Waals surface area contributed by atoms with Gasteiger partial charge in [0.2, 0.25) is 0 Å². The highest BCUT2D eigenvalue weighted by molar-refractivity contribution is 5.82. The van der Waals surface area contributed by atoms with Crippen LogP contribution in [0, 0.1) is 29.1 Å².